The zero-order chi connectivity index (χ0) is 16.0. The van der Waals surface area contributed by atoms with Gasteiger partial charge in [-0.2, -0.15) is 18.3 Å². The van der Waals surface area contributed by atoms with Crippen LogP contribution in [0.1, 0.15) is 17.9 Å². The molecule has 0 aliphatic heterocycles. The van der Waals surface area contributed by atoms with Crippen molar-refractivity contribution in [3.8, 4) is 0 Å². The van der Waals surface area contributed by atoms with Crippen LogP contribution in [0.3, 0.4) is 0 Å². The Kier molecular flexibility index (Phi) is 5.02. The van der Waals surface area contributed by atoms with Crippen LogP contribution in [0.4, 0.5) is 18.0 Å². The zero-order valence-corrected chi connectivity index (χ0v) is 11.4. The van der Waals surface area contributed by atoms with Gasteiger partial charge in [-0.15, -0.1) is 0 Å². The van der Waals surface area contributed by atoms with Gasteiger partial charge in [0.2, 0.25) is 5.76 Å². The fraction of sp³-hybridized carbons (Fsp3) is 0.417. The van der Waals surface area contributed by atoms with Crippen LogP contribution in [0.2, 0.25) is 0 Å². The third-order valence-corrected chi connectivity index (χ3v) is 2.68. The van der Waals surface area contributed by atoms with Crippen LogP contribution in [0.5, 0.6) is 0 Å². The average Bonchev–Trinajstić information content (AvgIpc) is 3.11. The van der Waals surface area contributed by atoms with Crippen molar-refractivity contribution < 1.29 is 22.5 Å². The number of amides is 2. The molecule has 120 valence electrons. The van der Waals surface area contributed by atoms with E-state index in [1.54, 1.807) is 16.9 Å². The molecule has 0 unspecified atom stereocenters. The molecule has 0 bridgehead atoms. The van der Waals surface area contributed by atoms with Crippen LogP contribution >= 0.6 is 0 Å². The van der Waals surface area contributed by atoms with Gasteiger partial charge in [0, 0.05) is 31.5 Å². The molecule has 0 atom stereocenters. The number of hydrogen-bond acceptors (Lipinski definition) is 4. The number of halogens is 3. The molecular formula is C12H14F3N5O2. The normalized spacial score (nSPS) is 11.4. The van der Waals surface area contributed by atoms with E-state index in [1.807, 2.05) is 6.20 Å². The predicted molar refractivity (Wildman–Crippen MR) is 68.6 cm³/mol. The van der Waals surface area contributed by atoms with Crippen LogP contribution in [-0.4, -0.2) is 27.5 Å². The summed E-state index contributed by atoms with van der Waals surface area (Å²) in [5.74, 6) is -1.19. The highest BCUT2D eigenvalue weighted by Gasteiger charge is 2.36. The lowest BCUT2D eigenvalue weighted by Crippen LogP contribution is -2.35. The quantitative estimate of drug-likeness (QED) is 0.795. The number of carbonyl (C=O) groups is 1. The SMILES string of the molecule is O=C(NCCCn1cccn1)NCc1cc(C(F)(F)F)on1. The van der Waals surface area contributed by atoms with E-state index < -0.39 is 18.0 Å². The number of aromatic nitrogens is 3. The van der Waals surface area contributed by atoms with Gasteiger partial charge in [0.05, 0.1) is 6.54 Å². The molecule has 0 aliphatic carbocycles. The van der Waals surface area contributed by atoms with Crippen molar-refractivity contribution in [1.29, 1.82) is 0 Å². The van der Waals surface area contributed by atoms with Crippen LogP contribution in [-0.2, 0) is 19.3 Å². The first kappa shape index (κ1) is 15.9. The molecule has 0 radical (unpaired) electrons. The van der Waals surface area contributed by atoms with E-state index in [0.717, 1.165) is 6.07 Å². The van der Waals surface area contributed by atoms with E-state index in [-0.39, 0.29) is 12.2 Å². The van der Waals surface area contributed by atoms with Gasteiger partial charge in [-0.05, 0) is 12.5 Å². The van der Waals surface area contributed by atoms with Gasteiger partial charge in [-0.3, -0.25) is 4.68 Å². The molecule has 7 nitrogen and oxygen atoms in total. The Morgan fingerprint density at radius 1 is 1.36 bits per heavy atom. The van der Waals surface area contributed by atoms with E-state index in [9.17, 15) is 18.0 Å². The summed E-state index contributed by atoms with van der Waals surface area (Å²) in [5.41, 5.74) is -0.000911. The average molecular weight is 317 g/mol. The van der Waals surface area contributed by atoms with Crippen molar-refractivity contribution in [3.05, 3.63) is 36.0 Å². The second kappa shape index (κ2) is 6.96. The number of alkyl halides is 3. The van der Waals surface area contributed by atoms with Gasteiger partial charge < -0.3 is 15.2 Å². The number of aryl methyl sites for hydroxylation is 1. The van der Waals surface area contributed by atoms with Gasteiger partial charge in [0.25, 0.3) is 0 Å². The smallest absolute Gasteiger partial charge is 0.351 e. The first-order valence-corrected chi connectivity index (χ1v) is 6.47. The highest BCUT2D eigenvalue weighted by atomic mass is 19.4. The summed E-state index contributed by atoms with van der Waals surface area (Å²) < 4.78 is 42.7. The van der Waals surface area contributed by atoms with Crippen molar-refractivity contribution in [1.82, 2.24) is 25.6 Å². The summed E-state index contributed by atoms with van der Waals surface area (Å²) in [6.45, 7) is 0.925. The third kappa shape index (κ3) is 4.79. The molecule has 10 heteroatoms. The second-order valence-electron chi connectivity index (χ2n) is 4.41. The Bertz CT molecular complexity index is 594. The van der Waals surface area contributed by atoms with Crippen molar-refractivity contribution in [2.24, 2.45) is 0 Å². The maximum Gasteiger partial charge on any atom is 0.452 e. The number of carbonyl (C=O) groups excluding carboxylic acids is 1. The standard InChI is InChI=1S/C12H14F3N5O2/c13-12(14,15)10-7-9(19-22-10)8-17-11(21)16-3-1-5-20-6-2-4-18-20/h2,4,6-7H,1,3,5,8H2,(H2,16,17,21). The predicted octanol–water partition coefficient (Wildman–Crippen LogP) is 1.78. The molecule has 2 aromatic heterocycles. The lowest BCUT2D eigenvalue weighted by Gasteiger charge is -2.06. The number of hydrogen-bond donors (Lipinski definition) is 2. The van der Waals surface area contributed by atoms with Crippen LogP contribution in [0, 0.1) is 0 Å². The van der Waals surface area contributed by atoms with Gasteiger partial charge in [-0.1, -0.05) is 5.16 Å². The Balaban J connectivity index is 1.64. The van der Waals surface area contributed by atoms with E-state index in [0.29, 0.717) is 19.5 Å². The Morgan fingerprint density at radius 2 is 2.18 bits per heavy atom. The van der Waals surface area contributed by atoms with Crippen molar-refractivity contribution in [2.45, 2.75) is 25.7 Å². The molecule has 2 rings (SSSR count). The summed E-state index contributed by atoms with van der Waals surface area (Å²) in [5, 5.41) is 12.2. The maximum absolute atomic E-state index is 12.3. The molecule has 0 spiro atoms. The summed E-state index contributed by atoms with van der Waals surface area (Å²) in [6, 6.07) is 2.06. The summed E-state index contributed by atoms with van der Waals surface area (Å²) in [4.78, 5) is 11.5. The van der Waals surface area contributed by atoms with Crippen molar-refractivity contribution in [2.75, 3.05) is 6.54 Å². The molecular weight excluding hydrogens is 303 g/mol. The Labute approximate surface area is 123 Å². The maximum atomic E-state index is 12.3. The molecule has 0 saturated carbocycles. The largest absolute Gasteiger partial charge is 0.452 e. The number of nitrogens with zero attached hydrogens (tertiary/aromatic N) is 3. The van der Waals surface area contributed by atoms with Gasteiger partial charge >= 0.3 is 12.2 Å². The van der Waals surface area contributed by atoms with E-state index >= 15 is 0 Å². The number of rotatable bonds is 6. The van der Waals surface area contributed by atoms with E-state index in [2.05, 4.69) is 25.4 Å². The summed E-state index contributed by atoms with van der Waals surface area (Å²) in [6.07, 6.45) is -0.437. The van der Waals surface area contributed by atoms with Gasteiger partial charge in [0.1, 0.15) is 5.69 Å². The highest BCUT2D eigenvalue weighted by Crippen LogP contribution is 2.29. The minimum absolute atomic E-state index is 0.000911. The molecule has 0 aromatic carbocycles. The molecule has 0 fully saturated rings. The first-order valence-electron chi connectivity index (χ1n) is 6.47. The Hall–Kier alpha value is -2.52. The molecule has 0 saturated heterocycles. The molecule has 2 N–H and O–H groups in total. The van der Waals surface area contributed by atoms with Gasteiger partial charge in [-0.25, -0.2) is 4.79 Å². The van der Waals surface area contributed by atoms with Gasteiger partial charge in [0.15, 0.2) is 0 Å². The highest BCUT2D eigenvalue weighted by molar-refractivity contribution is 5.73. The summed E-state index contributed by atoms with van der Waals surface area (Å²) >= 11 is 0. The minimum atomic E-state index is -4.58. The molecule has 0 aliphatic rings. The van der Waals surface area contributed by atoms with E-state index in [4.69, 9.17) is 0 Å². The third-order valence-electron chi connectivity index (χ3n) is 2.68. The monoisotopic (exact) mass is 317 g/mol. The fourth-order valence-corrected chi connectivity index (χ4v) is 1.64. The van der Waals surface area contributed by atoms with Crippen LogP contribution < -0.4 is 10.6 Å². The fourth-order valence-electron chi connectivity index (χ4n) is 1.64. The zero-order valence-electron chi connectivity index (χ0n) is 11.4. The molecule has 2 aromatic rings. The number of urea groups is 1. The molecule has 2 amide bonds. The Morgan fingerprint density at radius 3 is 2.82 bits per heavy atom. The topological polar surface area (TPSA) is 85.0 Å². The second-order valence-corrected chi connectivity index (χ2v) is 4.41. The summed E-state index contributed by atoms with van der Waals surface area (Å²) in [7, 11) is 0. The van der Waals surface area contributed by atoms with Crippen LogP contribution in [0.25, 0.3) is 0 Å². The van der Waals surface area contributed by atoms with Crippen molar-refractivity contribution in [3.63, 3.8) is 0 Å². The van der Waals surface area contributed by atoms with E-state index in [1.165, 1.54) is 0 Å². The molecule has 2 heterocycles. The lowest BCUT2D eigenvalue weighted by molar-refractivity contribution is -0.155. The molecule has 22 heavy (non-hydrogen) atoms. The minimum Gasteiger partial charge on any atom is -0.351 e. The number of nitrogens with one attached hydrogen (secondary N) is 2. The first-order chi connectivity index (χ1) is 10.4. The lowest BCUT2D eigenvalue weighted by atomic mass is 10.3. The van der Waals surface area contributed by atoms with Crippen molar-refractivity contribution >= 4 is 6.03 Å². The van der Waals surface area contributed by atoms with Crippen LogP contribution in [0.15, 0.2) is 29.0 Å².